The van der Waals surface area contributed by atoms with Crippen LogP contribution in [0.4, 0.5) is 19.0 Å². The first-order chi connectivity index (χ1) is 13.7. The predicted molar refractivity (Wildman–Crippen MR) is 95.0 cm³/mol. The second kappa shape index (κ2) is 6.75. The highest BCUT2D eigenvalue weighted by molar-refractivity contribution is 5.99. The number of nitrogens with one attached hydrogen (secondary N) is 1. The van der Waals surface area contributed by atoms with E-state index in [4.69, 9.17) is 0 Å². The van der Waals surface area contributed by atoms with Gasteiger partial charge in [-0.1, -0.05) is 42.5 Å². The Labute approximate surface area is 164 Å². The van der Waals surface area contributed by atoms with Gasteiger partial charge in [0.15, 0.2) is 5.69 Å². The van der Waals surface area contributed by atoms with Gasteiger partial charge in [-0.05, 0) is 23.8 Å². The summed E-state index contributed by atoms with van der Waals surface area (Å²) in [6.45, 7) is 0. The van der Waals surface area contributed by atoms with Crippen molar-refractivity contribution in [2.75, 3.05) is 5.32 Å². The van der Waals surface area contributed by atoms with Crippen LogP contribution in [-0.2, 0) is 22.8 Å². The first kappa shape index (κ1) is 19.2. The lowest BCUT2D eigenvalue weighted by Gasteiger charge is -2.28. The largest absolute Gasteiger partial charge is 0.550 e. The van der Waals surface area contributed by atoms with Crippen LogP contribution in [0.2, 0.25) is 0 Å². The number of hydrogen-bond donors (Lipinski definition) is 1. The summed E-state index contributed by atoms with van der Waals surface area (Å²) in [5, 5.41) is 17.7. The molecule has 1 saturated carbocycles. The van der Waals surface area contributed by atoms with Crippen molar-refractivity contribution >= 4 is 17.7 Å². The van der Waals surface area contributed by atoms with E-state index in [1.807, 2.05) is 0 Å². The SMILES string of the molecule is Cn1nc(C(F)(F)F)c(-c2ccccc2)c1NC(=O)[C@@H]1[C@@H](C(=O)[O-])[C@H]2C=C[C@@H]1C2. The molecule has 2 aromatic rings. The van der Waals surface area contributed by atoms with Crippen molar-refractivity contribution in [3.8, 4) is 11.1 Å². The van der Waals surface area contributed by atoms with Crippen molar-refractivity contribution in [2.45, 2.75) is 12.6 Å². The molecule has 4 atom stereocenters. The number of alkyl halides is 3. The standard InChI is InChI=1S/C20H18F3N3O3/c1-26-17(15(10-5-3-2-4-6-10)16(25-26)20(21,22)23)24-18(27)13-11-7-8-12(9-11)14(13)19(28)29/h2-8,11-14H,9H2,1H3,(H,24,27)(H,28,29)/p-1/t11-,12+,13+,14+/m1/s1. The molecule has 1 amide bonds. The Kier molecular flexibility index (Phi) is 4.48. The van der Waals surface area contributed by atoms with Crippen LogP contribution in [0.1, 0.15) is 12.1 Å². The maximum absolute atomic E-state index is 13.6. The lowest BCUT2D eigenvalue weighted by molar-refractivity contribution is -0.313. The fourth-order valence-electron chi connectivity index (χ4n) is 4.45. The molecule has 6 nitrogen and oxygen atoms in total. The van der Waals surface area contributed by atoms with Crippen molar-refractivity contribution in [2.24, 2.45) is 30.7 Å². The van der Waals surface area contributed by atoms with Gasteiger partial charge in [0.25, 0.3) is 0 Å². The van der Waals surface area contributed by atoms with E-state index in [1.54, 1.807) is 30.4 Å². The van der Waals surface area contributed by atoms with Crippen molar-refractivity contribution in [1.82, 2.24) is 9.78 Å². The Bertz CT molecular complexity index is 998. The second-order valence-electron chi connectivity index (χ2n) is 7.37. The lowest BCUT2D eigenvalue weighted by Crippen LogP contribution is -2.43. The molecule has 2 aliphatic carbocycles. The zero-order valence-electron chi connectivity index (χ0n) is 15.3. The van der Waals surface area contributed by atoms with Gasteiger partial charge in [-0.2, -0.15) is 18.3 Å². The van der Waals surface area contributed by atoms with Gasteiger partial charge >= 0.3 is 6.18 Å². The second-order valence-corrected chi connectivity index (χ2v) is 7.37. The van der Waals surface area contributed by atoms with Gasteiger partial charge in [-0.25, -0.2) is 0 Å². The number of benzene rings is 1. The number of aromatic nitrogens is 2. The first-order valence-electron chi connectivity index (χ1n) is 9.08. The van der Waals surface area contributed by atoms with E-state index in [-0.39, 0.29) is 28.8 Å². The summed E-state index contributed by atoms with van der Waals surface area (Å²) >= 11 is 0. The smallest absolute Gasteiger partial charge is 0.435 e. The molecule has 2 bridgehead atoms. The molecule has 1 heterocycles. The van der Waals surface area contributed by atoms with E-state index in [0.717, 1.165) is 4.68 Å². The van der Waals surface area contributed by atoms with Gasteiger partial charge in [0.1, 0.15) is 5.82 Å². The third-order valence-corrected chi connectivity index (χ3v) is 5.65. The maximum Gasteiger partial charge on any atom is 0.435 e. The highest BCUT2D eigenvalue weighted by atomic mass is 19.4. The minimum atomic E-state index is -4.73. The molecule has 2 aliphatic rings. The van der Waals surface area contributed by atoms with E-state index in [0.29, 0.717) is 6.42 Å². The molecule has 1 fully saturated rings. The zero-order chi connectivity index (χ0) is 20.9. The summed E-state index contributed by atoms with van der Waals surface area (Å²) in [5.74, 6) is -4.58. The summed E-state index contributed by atoms with van der Waals surface area (Å²) in [5.41, 5.74) is -1.13. The molecular formula is C20H17F3N3O3-. The van der Waals surface area contributed by atoms with E-state index in [1.165, 1.54) is 19.2 Å². The number of hydrogen-bond acceptors (Lipinski definition) is 4. The summed E-state index contributed by atoms with van der Waals surface area (Å²) in [6, 6.07) is 7.82. The van der Waals surface area contributed by atoms with Crippen LogP contribution in [0, 0.1) is 23.7 Å². The number of carbonyl (C=O) groups is 2. The Hall–Kier alpha value is -3.10. The number of fused-ring (bicyclic) bond motifs is 2. The van der Waals surface area contributed by atoms with Gasteiger partial charge in [0, 0.05) is 18.9 Å². The average molecular weight is 404 g/mol. The van der Waals surface area contributed by atoms with Gasteiger partial charge < -0.3 is 15.2 Å². The minimum absolute atomic E-state index is 0.127. The van der Waals surface area contributed by atoms with Gasteiger partial charge in [0.05, 0.1) is 11.5 Å². The molecule has 0 saturated heterocycles. The summed E-state index contributed by atoms with van der Waals surface area (Å²) < 4.78 is 41.7. The normalized spacial score (nSPS) is 25.4. The monoisotopic (exact) mass is 404 g/mol. The van der Waals surface area contributed by atoms with Crippen LogP contribution in [0.5, 0.6) is 0 Å². The van der Waals surface area contributed by atoms with Crippen molar-refractivity contribution in [3.05, 3.63) is 48.2 Å². The quantitative estimate of drug-likeness (QED) is 0.792. The fourth-order valence-corrected chi connectivity index (χ4v) is 4.45. The summed E-state index contributed by atoms with van der Waals surface area (Å²) in [4.78, 5) is 24.5. The molecule has 1 aromatic heterocycles. The van der Waals surface area contributed by atoms with Crippen LogP contribution in [0.15, 0.2) is 42.5 Å². The maximum atomic E-state index is 13.6. The third-order valence-electron chi connectivity index (χ3n) is 5.65. The molecule has 29 heavy (non-hydrogen) atoms. The molecule has 1 aromatic carbocycles. The number of carbonyl (C=O) groups excluding carboxylic acids is 2. The highest BCUT2D eigenvalue weighted by Crippen LogP contribution is 2.48. The molecule has 152 valence electrons. The van der Waals surface area contributed by atoms with Crippen LogP contribution in [0.3, 0.4) is 0 Å². The van der Waals surface area contributed by atoms with Gasteiger partial charge in [-0.3, -0.25) is 9.48 Å². The average Bonchev–Trinajstić information content (AvgIpc) is 3.35. The number of nitrogens with zero attached hydrogens (tertiary/aromatic N) is 2. The number of carboxylic acids is 1. The number of amides is 1. The number of halogens is 3. The molecule has 1 N–H and O–H groups in total. The predicted octanol–water partition coefficient (Wildman–Crippen LogP) is 2.23. The summed E-state index contributed by atoms with van der Waals surface area (Å²) in [6.07, 6.45) is -0.664. The van der Waals surface area contributed by atoms with E-state index >= 15 is 0 Å². The van der Waals surface area contributed by atoms with Crippen molar-refractivity contribution in [3.63, 3.8) is 0 Å². The van der Waals surface area contributed by atoms with Crippen molar-refractivity contribution < 1.29 is 27.9 Å². The number of aryl methyl sites for hydroxylation is 1. The number of allylic oxidation sites excluding steroid dienone is 2. The fraction of sp³-hybridized carbons (Fsp3) is 0.350. The lowest BCUT2D eigenvalue weighted by atomic mass is 9.82. The van der Waals surface area contributed by atoms with Crippen LogP contribution >= 0.6 is 0 Å². The van der Waals surface area contributed by atoms with E-state index < -0.39 is 35.6 Å². The topological polar surface area (TPSA) is 87.0 Å². The molecule has 0 aliphatic heterocycles. The summed E-state index contributed by atoms with van der Waals surface area (Å²) in [7, 11) is 1.30. The van der Waals surface area contributed by atoms with Crippen LogP contribution in [0.25, 0.3) is 11.1 Å². The number of anilines is 1. The van der Waals surface area contributed by atoms with Crippen molar-refractivity contribution in [1.29, 1.82) is 0 Å². The molecule has 4 rings (SSSR count). The van der Waals surface area contributed by atoms with E-state index in [9.17, 15) is 27.9 Å². The Morgan fingerprint density at radius 1 is 1.14 bits per heavy atom. The minimum Gasteiger partial charge on any atom is -0.550 e. The number of rotatable bonds is 4. The third kappa shape index (κ3) is 3.20. The Balaban J connectivity index is 1.74. The van der Waals surface area contributed by atoms with Crippen LogP contribution in [-0.4, -0.2) is 21.7 Å². The first-order valence-corrected chi connectivity index (χ1v) is 9.08. The zero-order valence-corrected chi connectivity index (χ0v) is 15.3. The van der Waals surface area contributed by atoms with E-state index in [2.05, 4.69) is 10.4 Å². The molecular weight excluding hydrogens is 387 g/mol. The molecule has 0 spiro atoms. The van der Waals surface area contributed by atoms with Gasteiger partial charge in [0.2, 0.25) is 5.91 Å². The molecule has 9 heteroatoms. The van der Waals surface area contributed by atoms with Gasteiger partial charge in [-0.15, -0.1) is 0 Å². The number of aliphatic carboxylic acids is 1. The highest BCUT2D eigenvalue weighted by Gasteiger charge is 2.49. The Morgan fingerprint density at radius 3 is 2.34 bits per heavy atom. The Morgan fingerprint density at radius 2 is 1.76 bits per heavy atom. The number of carboxylic acid groups (broad SMARTS) is 1. The molecule has 0 radical (unpaired) electrons. The van der Waals surface area contributed by atoms with Crippen LogP contribution < -0.4 is 10.4 Å². The molecule has 0 unspecified atom stereocenters.